The fraction of sp³-hybridized carbons (Fsp3) is 0.542. The lowest BCUT2D eigenvalue weighted by atomic mass is 9.89. The molecule has 0 aromatic heterocycles. The molecular weight excluding hydrogens is 761 g/mol. The highest BCUT2D eigenvalue weighted by molar-refractivity contribution is 5.87. The largest absolute Gasteiger partial charge is 0.465 e. The summed E-state index contributed by atoms with van der Waals surface area (Å²) in [4.78, 5) is 60.7. The zero-order valence-electron chi connectivity index (χ0n) is 36.8. The van der Waals surface area contributed by atoms with Gasteiger partial charge in [-0.2, -0.15) is 0 Å². The summed E-state index contributed by atoms with van der Waals surface area (Å²) in [5, 5.41) is 24.6. The van der Waals surface area contributed by atoms with E-state index in [-0.39, 0.29) is 54.5 Å². The number of likely N-dealkylation sites (N-methyl/N-ethyl adjacent to an activating group) is 1. The summed E-state index contributed by atoms with van der Waals surface area (Å²) >= 11 is 0. The number of hydrogen-bond donors (Lipinski definition) is 3. The van der Waals surface area contributed by atoms with E-state index < -0.39 is 48.4 Å². The van der Waals surface area contributed by atoms with Crippen molar-refractivity contribution in [3.05, 3.63) is 95.6 Å². The Labute approximate surface area is 356 Å². The number of fused-ring (bicyclic) bond motifs is 3. The number of amides is 4. The average Bonchev–Trinajstić information content (AvgIpc) is 3.86. The first kappa shape index (κ1) is 46.3. The van der Waals surface area contributed by atoms with Crippen molar-refractivity contribution in [3.8, 4) is 11.1 Å². The third-order valence-corrected chi connectivity index (χ3v) is 13.1. The van der Waals surface area contributed by atoms with Crippen molar-refractivity contribution in [1.29, 1.82) is 0 Å². The van der Waals surface area contributed by atoms with Crippen LogP contribution in [0.3, 0.4) is 0 Å². The Morgan fingerprint density at radius 3 is 1.98 bits per heavy atom. The van der Waals surface area contributed by atoms with E-state index in [9.17, 15) is 29.4 Å². The molecule has 1 fully saturated rings. The first-order valence-electron chi connectivity index (χ1n) is 21.5. The molecule has 326 valence electrons. The smallest absolute Gasteiger partial charge is 0.408 e. The molecular formula is C48H66N4O8. The molecule has 1 saturated heterocycles. The molecule has 5 rings (SSSR count). The molecule has 0 unspecified atom stereocenters. The molecule has 4 amide bonds. The molecule has 3 aromatic rings. The predicted molar refractivity (Wildman–Crippen MR) is 232 cm³/mol. The molecule has 9 atom stereocenters. The van der Waals surface area contributed by atoms with Crippen LogP contribution in [0.25, 0.3) is 11.1 Å². The Hall–Kier alpha value is -4.78. The normalized spacial score (nSPS) is 19.0. The Kier molecular flexibility index (Phi) is 15.9. The lowest BCUT2D eigenvalue weighted by Gasteiger charge is -2.42. The molecule has 0 radical (unpaired) electrons. The van der Waals surface area contributed by atoms with Crippen LogP contribution in [0.4, 0.5) is 4.79 Å². The van der Waals surface area contributed by atoms with Crippen LogP contribution in [-0.4, -0.2) is 119 Å². The number of aliphatic hydroxyl groups excluding tert-OH is 1. The molecule has 3 aromatic carbocycles. The standard InChI is InChI=1S/C48H66N4O8/c1-10-30(4)43(50(7)47(56)42(29(2)3)52(48(57)58)28-38-36-23-16-14-21-34(36)35-22-15-17-24-37(35)38)40(59-8)27-41(53)51-26-18-25-39(51)45(60-9)31(5)46(55)49-32(6)44(54)33-19-12-11-13-20-33/h11-17,19-24,29-32,38-40,42-45,54H,10,18,25-28H2,1-9H3,(H,49,55)(H,57,58)/t30-,31+,32+,39-,40-,42-,43-,44-,45+/m0/s1. The second kappa shape index (κ2) is 20.7. The minimum absolute atomic E-state index is 0.0262. The summed E-state index contributed by atoms with van der Waals surface area (Å²) in [6, 6.07) is 22.7. The molecule has 1 aliphatic carbocycles. The highest BCUT2D eigenvalue weighted by Crippen LogP contribution is 2.45. The van der Waals surface area contributed by atoms with Crippen LogP contribution in [0.2, 0.25) is 0 Å². The Morgan fingerprint density at radius 2 is 1.45 bits per heavy atom. The zero-order chi connectivity index (χ0) is 43.8. The Balaban J connectivity index is 1.33. The van der Waals surface area contributed by atoms with Gasteiger partial charge in [0, 0.05) is 40.3 Å². The lowest BCUT2D eigenvalue weighted by molar-refractivity contribution is -0.148. The summed E-state index contributed by atoms with van der Waals surface area (Å²) < 4.78 is 12.0. The molecule has 12 heteroatoms. The molecule has 1 heterocycles. The van der Waals surface area contributed by atoms with Crippen LogP contribution in [0.1, 0.15) is 95.9 Å². The number of benzene rings is 3. The molecule has 3 N–H and O–H groups in total. The van der Waals surface area contributed by atoms with Gasteiger partial charge in [-0.15, -0.1) is 0 Å². The number of methoxy groups -OCH3 is 2. The number of carbonyl (C=O) groups is 4. The van der Waals surface area contributed by atoms with Gasteiger partial charge in [0.2, 0.25) is 17.7 Å². The number of rotatable bonds is 19. The first-order valence-corrected chi connectivity index (χ1v) is 21.5. The van der Waals surface area contributed by atoms with Crippen LogP contribution < -0.4 is 5.32 Å². The number of carboxylic acid groups (broad SMARTS) is 1. The topological polar surface area (TPSA) is 149 Å². The number of nitrogens with zero attached hydrogens (tertiary/aromatic N) is 3. The van der Waals surface area contributed by atoms with Crippen molar-refractivity contribution in [3.63, 3.8) is 0 Å². The highest BCUT2D eigenvalue weighted by Gasteiger charge is 2.45. The van der Waals surface area contributed by atoms with E-state index in [2.05, 4.69) is 17.4 Å². The second-order valence-corrected chi connectivity index (χ2v) is 17.1. The first-order chi connectivity index (χ1) is 28.7. The molecule has 12 nitrogen and oxygen atoms in total. The van der Waals surface area contributed by atoms with Crippen molar-refractivity contribution >= 4 is 23.8 Å². The van der Waals surface area contributed by atoms with E-state index >= 15 is 0 Å². The van der Waals surface area contributed by atoms with Gasteiger partial charge in [0.15, 0.2) is 0 Å². The number of likely N-dealkylation sites (tertiary alicyclic amines) is 1. The third-order valence-electron chi connectivity index (χ3n) is 13.1. The summed E-state index contributed by atoms with van der Waals surface area (Å²) in [5.74, 6) is -2.15. The molecule has 60 heavy (non-hydrogen) atoms. The van der Waals surface area contributed by atoms with Crippen molar-refractivity contribution in [2.45, 2.75) is 116 Å². The minimum Gasteiger partial charge on any atom is -0.465 e. The second-order valence-electron chi connectivity index (χ2n) is 17.1. The maximum absolute atomic E-state index is 14.8. The fourth-order valence-corrected chi connectivity index (χ4v) is 9.63. The number of carbonyl (C=O) groups excluding carboxylic acids is 3. The number of nitrogens with one attached hydrogen (secondary N) is 1. The molecule has 1 aliphatic heterocycles. The van der Waals surface area contributed by atoms with Crippen LogP contribution >= 0.6 is 0 Å². The van der Waals surface area contributed by atoms with Crippen LogP contribution in [0.15, 0.2) is 78.9 Å². The quantitative estimate of drug-likeness (QED) is 0.118. The highest BCUT2D eigenvalue weighted by atomic mass is 16.5. The molecule has 2 aliphatic rings. The average molecular weight is 827 g/mol. The summed E-state index contributed by atoms with van der Waals surface area (Å²) in [7, 11) is 4.78. The van der Waals surface area contributed by atoms with E-state index in [0.29, 0.717) is 24.9 Å². The van der Waals surface area contributed by atoms with E-state index in [4.69, 9.17) is 9.47 Å². The third kappa shape index (κ3) is 9.88. The molecule has 0 spiro atoms. The summed E-state index contributed by atoms with van der Waals surface area (Å²) in [5.41, 5.74) is 4.91. The van der Waals surface area contributed by atoms with Gasteiger partial charge in [0.25, 0.3) is 0 Å². The Morgan fingerprint density at radius 1 is 0.867 bits per heavy atom. The van der Waals surface area contributed by atoms with Crippen molar-refractivity contribution < 1.29 is 38.9 Å². The lowest BCUT2D eigenvalue weighted by Crippen LogP contribution is -2.59. The monoisotopic (exact) mass is 826 g/mol. The maximum atomic E-state index is 14.8. The fourth-order valence-electron chi connectivity index (χ4n) is 9.63. The van der Waals surface area contributed by atoms with Gasteiger partial charge in [-0.3, -0.25) is 19.3 Å². The van der Waals surface area contributed by atoms with Crippen molar-refractivity contribution in [2.75, 3.05) is 34.4 Å². The minimum atomic E-state index is -1.17. The van der Waals surface area contributed by atoms with Crippen LogP contribution in [-0.2, 0) is 23.9 Å². The van der Waals surface area contributed by atoms with Gasteiger partial charge < -0.3 is 34.8 Å². The predicted octanol–water partition coefficient (Wildman–Crippen LogP) is 6.96. The van der Waals surface area contributed by atoms with Crippen LogP contribution in [0.5, 0.6) is 0 Å². The number of hydrogen-bond acceptors (Lipinski definition) is 7. The summed E-state index contributed by atoms with van der Waals surface area (Å²) in [6.45, 7) is 11.9. The van der Waals surface area contributed by atoms with E-state index in [1.165, 1.54) is 4.90 Å². The van der Waals surface area contributed by atoms with Crippen molar-refractivity contribution in [1.82, 2.24) is 20.0 Å². The number of aliphatic hydroxyl groups is 1. The van der Waals surface area contributed by atoms with Gasteiger partial charge in [0.05, 0.1) is 48.8 Å². The van der Waals surface area contributed by atoms with E-state index in [0.717, 1.165) is 28.7 Å². The molecule has 0 saturated carbocycles. The summed E-state index contributed by atoms with van der Waals surface area (Å²) in [6.07, 6.45) is -1.35. The van der Waals surface area contributed by atoms with Gasteiger partial charge in [-0.05, 0) is 59.4 Å². The zero-order valence-corrected chi connectivity index (χ0v) is 36.8. The van der Waals surface area contributed by atoms with Gasteiger partial charge in [-0.1, -0.05) is 120 Å². The maximum Gasteiger partial charge on any atom is 0.408 e. The van der Waals surface area contributed by atoms with E-state index in [1.807, 2.05) is 94.4 Å². The molecule has 0 bridgehead atoms. The Bertz CT molecular complexity index is 1880. The van der Waals surface area contributed by atoms with Crippen LogP contribution in [0, 0.1) is 17.8 Å². The van der Waals surface area contributed by atoms with Crippen molar-refractivity contribution in [2.24, 2.45) is 17.8 Å². The SMILES string of the molecule is CC[C@H](C)[C@@H]([C@H](CC(=O)N1CCC[C@H]1[C@H](OC)[C@@H](C)C(=O)N[C@H](C)[C@H](O)c1ccccc1)OC)N(C)C(=O)[C@H](C(C)C)N(CC1c2ccccc2-c2ccccc21)C(=O)O. The van der Waals surface area contributed by atoms with Gasteiger partial charge >= 0.3 is 6.09 Å². The van der Waals surface area contributed by atoms with E-state index in [1.54, 1.807) is 44.9 Å². The van der Waals surface area contributed by atoms with Gasteiger partial charge in [-0.25, -0.2) is 4.79 Å². The number of ether oxygens (including phenoxy) is 2. The van der Waals surface area contributed by atoms with Gasteiger partial charge in [0.1, 0.15) is 6.04 Å².